The van der Waals surface area contributed by atoms with Crippen molar-refractivity contribution in [1.29, 1.82) is 0 Å². The van der Waals surface area contributed by atoms with Crippen LogP contribution < -0.4 is 10.2 Å². The molecule has 0 saturated carbocycles. The Morgan fingerprint density at radius 3 is 2.54 bits per heavy atom. The van der Waals surface area contributed by atoms with Crippen LogP contribution in [0, 0.1) is 0 Å². The summed E-state index contributed by atoms with van der Waals surface area (Å²) < 4.78 is 0. The smallest absolute Gasteiger partial charge is 0.281 e. The lowest BCUT2D eigenvalue weighted by Gasteiger charge is -2.16. The predicted molar refractivity (Wildman–Crippen MR) is 99.1 cm³/mol. The molecule has 1 fully saturated rings. The van der Waals surface area contributed by atoms with Gasteiger partial charge in [0.15, 0.2) is 0 Å². The number of hydrogen-bond donors (Lipinski definition) is 1. The first-order valence-corrected chi connectivity index (χ1v) is 8.14. The fraction of sp³-hybridized carbons (Fsp3) is 0.158. The van der Waals surface area contributed by atoms with E-state index in [1.54, 1.807) is 17.0 Å². The number of guanidine groups is 1. The van der Waals surface area contributed by atoms with E-state index in [0.29, 0.717) is 22.4 Å². The fourth-order valence-electron chi connectivity index (χ4n) is 2.45. The molecule has 1 N–H and O–H groups in total. The topological polar surface area (TPSA) is 44.7 Å². The maximum atomic E-state index is 12.9. The molecule has 5 heteroatoms. The summed E-state index contributed by atoms with van der Waals surface area (Å²) in [6, 6.07) is 16.9. The summed E-state index contributed by atoms with van der Waals surface area (Å²) in [5.41, 5.74) is 2.13. The Hall–Kier alpha value is -2.59. The molecule has 0 radical (unpaired) electrons. The second kappa shape index (κ2) is 6.89. The molecule has 1 amide bonds. The average Bonchev–Trinajstić information content (AvgIpc) is 2.83. The van der Waals surface area contributed by atoms with Crippen molar-refractivity contribution in [1.82, 2.24) is 5.32 Å². The molecule has 0 bridgehead atoms. The molecule has 2 aromatic rings. The Balaban J connectivity index is 2.03. The van der Waals surface area contributed by atoms with Gasteiger partial charge in [-0.25, -0.2) is 9.89 Å². The number of carbonyl (C=O) groups excluding carboxylic acids is 1. The standard InChI is InChI=1S/C19H18ClN3O/c1-13(2)21-19-22-17(11-14-7-4-3-5-8-14)18(24)23(19)16-10-6-9-15(20)12-16/h3-13H,1-2H3,(H,21,22). The zero-order valence-corrected chi connectivity index (χ0v) is 14.3. The normalized spacial score (nSPS) is 17.8. The van der Waals surface area contributed by atoms with E-state index in [4.69, 9.17) is 11.6 Å². The van der Waals surface area contributed by atoms with Gasteiger partial charge in [0.1, 0.15) is 5.70 Å². The van der Waals surface area contributed by atoms with Crippen LogP contribution in [0.1, 0.15) is 19.4 Å². The lowest BCUT2D eigenvalue weighted by molar-refractivity contribution is -0.113. The maximum Gasteiger partial charge on any atom is 0.281 e. The van der Waals surface area contributed by atoms with Gasteiger partial charge in [-0.05, 0) is 43.7 Å². The number of aliphatic imine (C=N–C) groups is 1. The molecule has 2 aromatic carbocycles. The molecule has 0 spiro atoms. The lowest BCUT2D eigenvalue weighted by atomic mass is 10.2. The molecule has 0 unspecified atom stereocenters. The van der Waals surface area contributed by atoms with Crippen molar-refractivity contribution < 1.29 is 4.79 Å². The molecular weight excluding hydrogens is 322 g/mol. The van der Waals surface area contributed by atoms with E-state index in [1.807, 2.05) is 62.4 Å². The van der Waals surface area contributed by atoms with Crippen LogP contribution in [0.25, 0.3) is 6.08 Å². The highest BCUT2D eigenvalue weighted by Crippen LogP contribution is 2.25. The van der Waals surface area contributed by atoms with E-state index < -0.39 is 0 Å². The Morgan fingerprint density at radius 1 is 1.12 bits per heavy atom. The van der Waals surface area contributed by atoms with Crippen molar-refractivity contribution in [3.63, 3.8) is 0 Å². The third kappa shape index (κ3) is 3.49. The summed E-state index contributed by atoms with van der Waals surface area (Å²) in [5, 5.41) is 3.71. The first-order valence-electron chi connectivity index (χ1n) is 7.76. The average molecular weight is 340 g/mol. The second-order valence-electron chi connectivity index (χ2n) is 5.76. The Labute approximate surface area is 146 Å². The number of benzene rings is 2. The van der Waals surface area contributed by atoms with Gasteiger partial charge in [-0.1, -0.05) is 48.0 Å². The molecule has 1 heterocycles. The van der Waals surface area contributed by atoms with Gasteiger partial charge in [0.05, 0.1) is 5.69 Å². The molecule has 1 aliphatic rings. The van der Waals surface area contributed by atoms with Gasteiger partial charge in [-0.3, -0.25) is 4.79 Å². The third-order valence-electron chi connectivity index (χ3n) is 3.45. The molecule has 4 nitrogen and oxygen atoms in total. The lowest BCUT2D eigenvalue weighted by Crippen LogP contribution is -2.33. The summed E-state index contributed by atoms with van der Waals surface area (Å²) in [5.74, 6) is 0.361. The van der Waals surface area contributed by atoms with Gasteiger partial charge in [0.25, 0.3) is 5.91 Å². The van der Waals surface area contributed by atoms with Crippen LogP contribution in [-0.4, -0.2) is 17.9 Å². The Morgan fingerprint density at radius 2 is 1.88 bits per heavy atom. The molecule has 0 atom stereocenters. The quantitative estimate of drug-likeness (QED) is 0.856. The summed E-state index contributed by atoms with van der Waals surface area (Å²) in [6.45, 7) is 3.93. The van der Waals surface area contributed by atoms with E-state index in [2.05, 4.69) is 10.3 Å². The largest absolute Gasteiger partial charge is 0.321 e. The molecule has 0 aliphatic carbocycles. The van der Waals surface area contributed by atoms with Crippen LogP contribution in [0.15, 0.2) is 65.3 Å². The Bertz CT molecular complexity index is 812. The van der Waals surface area contributed by atoms with Crippen LogP contribution in [0.4, 0.5) is 5.69 Å². The van der Waals surface area contributed by atoms with E-state index in [9.17, 15) is 4.79 Å². The van der Waals surface area contributed by atoms with Gasteiger partial charge < -0.3 is 5.32 Å². The zero-order chi connectivity index (χ0) is 17.1. The van der Waals surface area contributed by atoms with E-state index in [0.717, 1.165) is 5.56 Å². The van der Waals surface area contributed by atoms with Crippen LogP contribution in [0.5, 0.6) is 0 Å². The van der Waals surface area contributed by atoms with Gasteiger partial charge in [-0.15, -0.1) is 0 Å². The van der Waals surface area contributed by atoms with Crippen LogP contribution in [0.2, 0.25) is 5.02 Å². The van der Waals surface area contributed by atoms with Crippen LogP contribution in [0.3, 0.4) is 0 Å². The summed E-state index contributed by atoms with van der Waals surface area (Å²) in [6.07, 6.45) is 1.82. The minimum Gasteiger partial charge on any atom is -0.321 e. The predicted octanol–water partition coefficient (Wildman–Crippen LogP) is 4.08. The van der Waals surface area contributed by atoms with Crippen molar-refractivity contribution in [3.05, 3.63) is 70.9 Å². The van der Waals surface area contributed by atoms with Gasteiger partial charge >= 0.3 is 0 Å². The highest BCUT2D eigenvalue weighted by Gasteiger charge is 2.33. The van der Waals surface area contributed by atoms with Crippen molar-refractivity contribution in [2.75, 3.05) is 4.90 Å². The number of halogens is 1. The van der Waals surface area contributed by atoms with Crippen LogP contribution >= 0.6 is 11.6 Å². The minimum atomic E-state index is -0.152. The van der Waals surface area contributed by atoms with E-state index in [-0.39, 0.29) is 11.9 Å². The number of anilines is 1. The SMILES string of the molecule is CC(C)N=C1NC(=Cc2ccccc2)C(=O)N1c1cccc(Cl)c1. The summed E-state index contributed by atoms with van der Waals surface area (Å²) in [4.78, 5) is 19.0. The van der Waals surface area contributed by atoms with Gasteiger partial charge in [-0.2, -0.15) is 0 Å². The number of hydrogen-bond acceptors (Lipinski definition) is 2. The summed E-state index contributed by atoms with van der Waals surface area (Å²) >= 11 is 6.08. The first-order chi connectivity index (χ1) is 11.5. The molecule has 24 heavy (non-hydrogen) atoms. The summed E-state index contributed by atoms with van der Waals surface area (Å²) in [7, 11) is 0. The van der Waals surface area contributed by atoms with E-state index >= 15 is 0 Å². The Kier molecular flexibility index (Phi) is 4.67. The number of nitrogens with one attached hydrogen (secondary N) is 1. The molecule has 1 saturated heterocycles. The van der Waals surface area contributed by atoms with Crippen molar-refractivity contribution in [3.8, 4) is 0 Å². The molecule has 122 valence electrons. The minimum absolute atomic E-state index is 0.0538. The zero-order valence-electron chi connectivity index (χ0n) is 13.5. The second-order valence-corrected chi connectivity index (χ2v) is 6.20. The fourth-order valence-corrected chi connectivity index (χ4v) is 2.63. The number of rotatable bonds is 3. The number of carbonyl (C=O) groups is 1. The third-order valence-corrected chi connectivity index (χ3v) is 3.68. The number of amides is 1. The molecule has 1 aliphatic heterocycles. The van der Waals surface area contributed by atoms with Gasteiger partial charge in [0.2, 0.25) is 5.96 Å². The van der Waals surface area contributed by atoms with Crippen molar-refractivity contribution >= 4 is 35.2 Å². The molecular formula is C19H18ClN3O. The first kappa shape index (κ1) is 16.3. The van der Waals surface area contributed by atoms with Crippen molar-refractivity contribution in [2.24, 2.45) is 4.99 Å². The van der Waals surface area contributed by atoms with Crippen molar-refractivity contribution in [2.45, 2.75) is 19.9 Å². The van der Waals surface area contributed by atoms with Gasteiger partial charge in [0, 0.05) is 11.1 Å². The highest BCUT2D eigenvalue weighted by molar-refractivity contribution is 6.32. The van der Waals surface area contributed by atoms with E-state index in [1.165, 1.54) is 0 Å². The molecule has 3 rings (SSSR count). The number of nitrogens with zero attached hydrogens (tertiary/aromatic N) is 2. The highest BCUT2D eigenvalue weighted by atomic mass is 35.5. The monoisotopic (exact) mass is 339 g/mol. The van der Waals surface area contributed by atoms with Crippen LogP contribution in [-0.2, 0) is 4.79 Å². The maximum absolute atomic E-state index is 12.9. The molecule has 0 aromatic heterocycles.